The Balaban J connectivity index is 1.59. The minimum Gasteiger partial charge on any atom is -0.370 e. The molecule has 23 heavy (non-hydrogen) atoms. The number of halogens is 1. The number of thiazole rings is 1. The Morgan fingerprint density at radius 1 is 1.13 bits per heavy atom. The maximum absolute atomic E-state index is 8.92. The molecular formula is C17H13ClN4S. The zero-order valence-electron chi connectivity index (χ0n) is 12.2. The Hall–Kier alpha value is -2.42. The Morgan fingerprint density at radius 3 is 2.74 bits per heavy atom. The number of aromatic nitrogens is 2. The highest BCUT2D eigenvalue weighted by Gasteiger charge is 2.05. The molecule has 0 saturated carbocycles. The van der Waals surface area contributed by atoms with Crippen LogP contribution in [0.2, 0.25) is 5.02 Å². The van der Waals surface area contributed by atoms with Gasteiger partial charge in [-0.15, -0.1) is 11.3 Å². The molecule has 1 aromatic carbocycles. The van der Waals surface area contributed by atoms with Gasteiger partial charge in [0.1, 0.15) is 16.9 Å². The summed E-state index contributed by atoms with van der Waals surface area (Å²) in [5.41, 5.74) is 2.40. The molecule has 2 heterocycles. The maximum Gasteiger partial charge on any atom is 0.161 e. The number of nitrogens with one attached hydrogen (secondary N) is 1. The number of anilines is 1. The van der Waals surface area contributed by atoms with Gasteiger partial charge in [-0.2, -0.15) is 5.26 Å². The van der Waals surface area contributed by atoms with Crippen molar-refractivity contribution in [2.75, 3.05) is 11.9 Å². The number of benzene rings is 1. The highest BCUT2D eigenvalue weighted by atomic mass is 35.5. The van der Waals surface area contributed by atoms with Crippen molar-refractivity contribution in [2.45, 2.75) is 6.42 Å². The number of nitriles is 1. The first kappa shape index (κ1) is 15.5. The molecule has 3 aromatic rings. The van der Waals surface area contributed by atoms with E-state index in [1.165, 1.54) is 0 Å². The van der Waals surface area contributed by atoms with Gasteiger partial charge in [0, 0.05) is 23.9 Å². The van der Waals surface area contributed by atoms with Crippen molar-refractivity contribution >= 4 is 28.8 Å². The summed E-state index contributed by atoms with van der Waals surface area (Å²) in [5, 5.41) is 15.6. The fourth-order valence-electron chi connectivity index (χ4n) is 2.07. The molecule has 3 rings (SSSR count). The lowest BCUT2D eigenvalue weighted by Gasteiger charge is -2.05. The van der Waals surface area contributed by atoms with Crippen molar-refractivity contribution in [1.82, 2.24) is 9.97 Å². The minimum absolute atomic E-state index is 0.233. The molecule has 0 atom stereocenters. The number of hydrogen-bond acceptors (Lipinski definition) is 5. The standard InChI is InChI=1S/C17H13ClN4S/c18-14-6-7-16(22-15(14)10-19)20-9-8-13-11-23-17(21-13)12-4-2-1-3-5-12/h1-7,11H,8-9H2,(H,20,22). The average molecular weight is 341 g/mol. The molecule has 114 valence electrons. The smallest absolute Gasteiger partial charge is 0.161 e. The molecule has 4 nitrogen and oxygen atoms in total. The first-order valence-electron chi connectivity index (χ1n) is 7.06. The molecule has 0 amide bonds. The van der Waals surface area contributed by atoms with Crippen molar-refractivity contribution in [3.63, 3.8) is 0 Å². The first-order valence-corrected chi connectivity index (χ1v) is 8.32. The number of rotatable bonds is 5. The van der Waals surface area contributed by atoms with Crippen LogP contribution in [0, 0.1) is 11.3 Å². The fraction of sp³-hybridized carbons (Fsp3) is 0.118. The summed E-state index contributed by atoms with van der Waals surface area (Å²) >= 11 is 7.51. The topological polar surface area (TPSA) is 61.6 Å². The normalized spacial score (nSPS) is 10.3. The molecule has 0 spiro atoms. The third kappa shape index (κ3) is 3.86. The number of nitrogens with zero attached hydrogens (tertiary/aromatic N) is 3. The van der Waals surface area contributed by atoms with E-state index in [9.17, 15) is 0 Å². The van der Waals surface area contributed by atoms with Crippen molar-refractivity contribution in [2.24, 2.45) is 0 Å². The number of hydrogen-bond donors (Lipinski definition) is 1. The lowest BCUT2D eigenvalue weighted by Crippen LogP contribution is -2.07. The van der Waals surface area contributed by atoms with Crippen LogP contribution in [-0.2, 0) is 6.42 Å². The Kier molecular flexibility index (Phi) is 4.86. The number of pyridine rings is 1. The van der Waals surface area contributed by atoms with E-state index >= 15 is 0 Å². The van der Waals surface area contributed by atoms with Gasteiger partial charge in [0.05, 0.1) is 10.7 Å². The van der Waals surface area contributed by atoms with Crippen molar-refractivity contribution < 1.29 is 0 Å². The van der Waals surface area contributed by atoms with Crippen LogP contribution >= 0.6 is 22.9 Å². The third-order valence-corrected chi connectivity index (χ3v) is 4.46. The molecule has 0 saturated heterocycles. The summed E-state index contributed by atoms with van der Waals surface area (Å²) in [6.07, 6.45) is 0.787. The summed E-state index contributed by atoms with van der Waals surface area (Å²) in [6.45, 7) is 0.692. The Labute approximate surface area is 143 Å². The predicted molar refractivity (Wildman–Crippen MR) is 93.7 cm³/mol. The first-order chi connectivity index (χ1) is 11.3. The quantitative estimate of drug-likeness (QED) is 0.748. The van der Waals surface area contributed by atoms with Crippen molar-refractivity contribution in [1.29, 1.82) is 5.26 Å². The van der Waals surface area contributed by atoms with E-state index in [4.69, 9.17) is 16.9 Å². The summed E-state index contributed by atoms with van der Waals surface area (Å²) in [4.78, 5) is 8.80. The molecule has 1 N–H and O–H groups in total. The van der Waals surface area contributed by atoms with Gasteiger partial charge in [0.25, 0.3) is 0 Å². The highest BCUT2D eigenvalue weighted by Crippen LogP contribution is 2.23. The SMILES string of the molecule is N#Cc1nc(NCCc2csc(-c3ccccc3)n2)ccc1Cl. The highest BCUT2D eigenvalue weighted by molar-refractivity contribution is 7.13. The second-order valence-electron chi connectivity index (χ2n) is 4.83. The fourth-order valence-corrected chi connectivity index (χ4v) is 3.08. The lowest BCUT2D eigenvalue weighted by atomic mass is 10.2. The largest absolute Gasteiger partial charge is 0.370 e. The molecule has 0 aliphatic carbocycles. The van der Waals surface area contributed by atoms with Gasteiger partial charge < -0.3 is 5.32 Å². The van der Waals surface area contributed by atoms with E-state index in [0.29, 0.717) is 17.4 Å². The van der Waals surface area contributed by atoms with E-state index in [1.54, 1.807) is 23.5 Å². The molecule has 0 fully saturated rings. The molecule has 0 unspecified atom stereocenters. The molecule has 0 bridgehead atoms. The van der Waals surface area contributed by atoms with Crippen LogP contribution < -0.4 is 5.32 Å². The molecule has 0 aliphatic rings. The van der Waals surface area contributed by atoms with Crippen molar-refractivity contribution in [3.8, 4) is 16.6 Å². The lowest BCUT2D eigenvalue weighted by molar-refractivity contribution is 0.968. The molecular weight excluding hydrogens is 328 g/mol. The van der Waals surface area contributed by atoms with E-state index in [-0.39, 0.29) is 5.69 Å². The van der Waals surface area contributed by atoms with Gasteiger partial charge in [-0.25, -0.2) is 9.97 Å². The predicted octanol–water partition coefficient (Wildman–Crippen LogP) is 4.38. The van der Waals surface area contributed by atoms with E-state index in [0.717, 1.165) is 22.7 Å². The second kappa shape index (κ2) is 7.23. The zero-order chi connectivity index (χ0) is 16.1. The van der Waals surface area contributed by atoms with Gasteiger partial charge in [0.2, 0.25) is 0 Å². The second-order valence-corrected chi connectivity index (χ2v) is 6.09. The van der Waals surface area contributed by atoms with Gasteiger partial charge in [0.15, 0.2) is 5.69 Å². The van der Waals surface area contributed by atoms with Crippen LogP contribution in [0.15, 0.2) is 47.8 Å². The Morgan fingerprint density at radius 2 is 1.96 bits per heavy atom. The van der Waals surface area contributed by atoms with E-state index < -0.39 is 0 Å². The van der Waals surface area contributed by atoms with Crippen molar-refractivity contribution in [3.05, 3.63) is 64.3 Å². The van der Waals surface area contributed by atoms with E-state index in [1.807, 2.05) is 24.3 Å². The van der Waals surface area contributed by atoms with Gasteiger partial charge >= 0.3 is 0 Å². The van der Waals surface area contributed by atoms with Crippen LogP contribution in [0.1, 0.15) is 11.4 Å². The summed E-state index contributed by atoms with van der Waals surface area (Å²) in [7, 11) is 0. The zero-order valence-corrected chi connectivity index (χ0v) is 13.7. The van der Waals surface area contributed by atoms with Crippen LogP contribution in [0.4, 0.5) is 5.82 Å². The van der Waals surface area contributed by atoms with Gasteiger partial charge in [-0.05, 0) is 12.1 Å². The molecule has 6 heteroatoms. The minimum atomic E-state index is 0.233. The van der Waals surface area contributed by atoms with Crippen LogP contribution in [0.3, 0.4) is 0 Å². The average Bonchev–Trinajstić information content (AvgIpc) is 3.06. The third-order valence-electron chi connectivity index (χ3n) is 3.21. The van der Waals surface area contributed by atoms with Crippen LogP contribution in [0.5, 0.6) is 0 Å². The monoisotopic (exact) mass is 340 g/mol. The summed E-state index contributed by atoms with van der Waals surface area (Å²) in [5.74, 6) is 0.643. The maximum atomic E-state index is 8.92. The van der Waals surface area contributed by atoms with Crippen LogP contribution in [0.25, 0.3) is 10.6 Å². The van der Waals surface area contributed by atoms with Gasteiger partial charge in [-0.3, -0.25) is 0 Å². The Bertz CT molecular complexity index is 839. The van der Waals surface area contributed by atoms with Crippen LogP contribution in [-0.4, -0.2) is 16.5 Å². The van der Waals surface area contributed by atoms with Gasteiger partial charge in [-0.1, -0.05) is 41.9 Å². The summed E-state index contributed by atoms with van der Waals surface area (Å²) < 4.78 is 0. The van der Waals surface area contributed by atoms with E-state index in [2.05, 4.69) is 32.8 Å². The molecule has 2 aromatic heterocycles. The molecule has 0 radical (unpaired) electrons. The summed E-state index contributed by atoms with van der Waals surface area (Å²) in [6, 6.07) is 15.5. The molecule has 0 aliphatic heterocycles.